The largest absolute Gasteiger partial charge is 0.384 e. The molecule has 2 aromatic rings. The maximum Gasteiger partial charge on any atom is 0.127 e. The summed E-state index contributed by atoms with van der Waals surface area (Å²) in [5, 5.41) is 11.1. The Morgan fingerprint density at radius 2 is 1.84 bits per heavy atom. The first-order chi connectivity index (χ1) is 8.90. The van der Waals surface area contributed by atoms with Gasteiger partial charge in [-0.1, -0.05) is 39.1 Å². The molecule has 19 heavy (non-hydrogen) atoms. The molecule has 0 aliphatic carbocycles. The smallest absolute Gasteiger partial charge is 0.127 e. The molecule has 2 rings (SSSR count). The standard InChI is InChI=1S/C14H10BrCl2FO/c1-7-4-10(12(17)6-13(7)18)14(19)9-5-8(16)2-3-11(9)15/h2-6,14,19H,1H3. The first-order valence-electron chi connectivity index (χ1n) is 5.48. The fourth-order valence-corrected chi connectivity index (χ4v) is 2.68. The molecule has 0 radical (unpaired) electrons. The van der Waals surface area contributed by atoms with Crippen LogP contribution in [0.1, 0.15) is 22.8 Å². The monoisotopic (exact) mass is 362 g/mol. The molecule has 1 atom stereocenters. The average Bonchev–Trinajstić information content (AvgIpc) is 2.36. The average molecular weight is 364 g/mol. The van der Waals surface area contributed by atoms with Crippen LogP contribution in [0.5, 0.6) is 0 Å². The predicted molar refractivity (Wildman–Crippen MR) is 79.4 cm³/mol. The van der Waals surface area contributed by atoms with E-state index in [4.69, 9.17) is 23.2 Å². The fourth-order valence-electron chi connectivity index (χ4n) is 1.78. The Kier molecular flexibility index (Phi) is 4.51. The van der Waals surface area contributed by atoms with E-state index in [0.29, 0.717) is 26.2 Å². The van der Waals surface area contributed by atoms with E-state index in [2.05, 4.69) is 15.9 Å². The molecular formula is C14H10BrCl2FO. The van der Waals surface area contributed by atoms with Crippen molar-refractivity contribution in [3.8, 4) is 0 Å². The van der Waals surface area contributed by atoms with Crippen molar-refractivity contribution in [3.05, 3.63) is 67.4 Å². The maximum atomic E-state index is 13.4. The topological polar surface area (TPSA) is 20.2 Å². The van der Waals surface area contributed by atoms with Crippen LogP contribution in [-0.4, -0.2) is 5.11 Å². The Morgan fingerprint density at radius 3 is 2.53 bits per heavy atom. The van der Waals surface area contributed by atoms with Gasteiger partial charge in [0.2, 0.25) is 0 Å². The maximum absolute atomic E-state index is 13.4. The molecule has 5 heteroatoms. The number of aliphatic hydroxyl groups excluding tert-OH is 1. The Balaban J connectivity index is 2.52. The summed E-state index contributed by atoms with van der Waals surface area (Å²) in [6, 6.07) is 7.83. The van der Waals surface area contributed by atoms with Crippen LogP contribution in [-0.2, 0) is 0 Å². The highest BCUT2D eigenvalue weighted by molar-refractivity contribution is 9.10. The number of aryl methyl sites for hydroxylation is 1. The first kappa shape index (κ1) is 14.8. The van der Waals surface area contributed by atoms with Gasteiger partial charge in [-0.3, -0.25) is 0 Å². The zero-order valence-electron chi connectivity index (χ0n) is 9.92. The van der Waals surface area contributed by atoms with Gasteiger partial charge in [0.05, 0.1) is 0 Å². The summed E-state index contributed by atoms with van der Waals surface area (Å²) < 4.78 is 14.1. The van der Waals surface area contributed by atoms with Crippen molar-refractivity contribution in [2.24, 2.45) is 0 Å². The quantitative estimate of drug-likeness (QED) is 0.768. The van der Waals surface area contributed by atoms with Crippen molar-refractivity contribution in [3.63, 3.8) is 0 Å². The Labute approximate surface area is 129 Å². The molecule has 1 unspecified atom stereocenters. The number of hydrogen-bond donors (Lipinski definition) is 1. The highest BCUT2D eigenvalue weighted by Gasteiger charge is 2.18. The van der Waals surface area contributed by atoms with Crippen molar-refractivity contribution in [2.75, 3.05) is 0 Å². The zero-order valence-corrected chi connectivity index (χ0v) is 13.0. The SMILES string of the molecule is Cc1cc(C(O)c2cc(Cl)ccc2Br)c(Cl)cc1F. The third kappa shape index (κ3) is 3.11. The van der Waals surface area contributed by atoms with Crippen LogP contribution < -0.4 is 0 Å². The zero-order chi connectivity index (χ0) is 14.2. The van der Waals surface area contributed by atoms with Crippen LogP contribution in [0.4, 0.5) is 4.39 Å². The second-order valence-corrected chi connectivity index (χ2v) is 5.89. The molecule has 0 amide bonds. The molecule has 0 aromatic heterocycles. The summed E-state index contributed by atoms with van der Waals surface area (Å²) in [5.74, 6) is -0.397. The van der Waals surface area contributed by atoms with Gasteiger partial charge in [-0.25, -0.2) is 4.39 Å². The molecule has 2 aromatic carbocycles. The Hall–Kier alpha value is -0.610. The Morgan fingerprint density at radius 1 is 1.16 bits per heavy atom. The van der Waals surface area contributed by atoms with E-state index < -0.39 is 11.9 Å². The minimum absolute atomic E-state index is 0.183. The van der Waals surface area contributed by atoms with Gasteiger partial charge in [0.1, 0.15) is 11.9 Å². The predicted octanol–water partition coefficient (Wildman–Crippen LogP) is 5.29. The summed E-state index contributed by atoms with van der Waals surface area (Å²) in [5.41, 5.74) is 1.46. The Bertz CT molecular complexity index is 631. The fraction of sp³-hybridized carbons (Fsp3) is 0.143. The molecule has 0 aliphatic heterocycles. The van der Waals surface area contributed by atoms with E-state index in [1.165, 1.54) is 12.1 Å². The van der Waals surface area contributed by atoms with Gasteiger partial charge in [-0.05, 0) is 42.8 Å². The van der Waals surface area contributed by atoms with E-state index in [-0.39, 0.29) is 5.02 Å². The number of halogens is 4. The molecular weight excluding hydrogens is 354 g/mol. The summed E-state index contributed by atoms with van der Waals surface area (Å²) in [6.45, 7) is 1.62. The molecule has 0 aliphatic rings. The number of rotatable bonds is 2. The molecule has 0 heterocycles. The third-order valence-corrected chi connectivity index (χ3v) is 4.11. The second kappa shape index (κ2) is 5.80. The lowest BCUT2D eigenvalue weighted by atomic mass is 9.99. The molecule has 0 spiro atoms. The molecule has 0 fully saturated rings. The minimum atomic E-state index is -0.972. The van der Waals surface area contributed by atoms with Crippen molar-refractivity contribution in [1.82, 2.24) is 0 Å². The number of aliphatic hydroxyl groups is 1. The lowest BCUT2D eigenvalue weighted by Gasteiger charge is -2.16. The van der Waals surface area contributed by atoms with E-state index in [1.54, 1.807) is 25.1 Å². The van der Waals surface area contributed by atoms with Gasteiger partial charge >= 0.3 is 0 Å². The molecule has 100 valence electrons. The van der Waals surface area contributed by atoms with Crippen molar-refractivity contribution in [2.45, 2.75) is 13.0 Å². The van der Waals surface area contributed by atoms with Crippen LogP contribution in [0, 0.1) is 12.7 Å². The number of benzene rings is 2. The van der Waals surface area contributed by atoms with Gasteiger partial charge in [-0.15, -0.1) is 0 Å². The third-order valence-electron chi connectivity index (χ3n) is 2.83. The second-order valence-electron chi connectivity index (χ2n) is 4.19. The highest BCUT2D eigenvalue weighted by atomic mass is 79.9. The van der Waals surface area contributed by atoms with Crippen LogP contribution in [0.15, 0.2) is 34.8 Å². The van der Waals surface area contributed by atoms with Gasteiger partial charge in [-0.2, -0.15) is 0 Å². The molecule has 1 N–H and O–H groups in total. The molecule has 1 nitrogen and oxygen atoms in total. The summed E-state index contributed by atoms with van der Waals surface area (Å²) >= 11 is 15.3. The van der Waals surface area contributed by atoms with Crippen molar-refractivity contribution >= 4 is 39.1 Å². The molecule has 0 saturated carbocycles. The summed E-state index contributed by atoms with van der Waals surface area (Å²) in [6.07, 6.45) is -0.972. The van der Waals surface area contributed by atoms with Gasteiger partial charge in [0.25, 0.3) is 0 Å². The normalized spacial score (nSPS) is 12.5. The summed E-state index contributed by atoms with van der Waals surface area (Å²) in [4.78, 5) is 0. The van der Waals surface area contributed by atoms with E-state index in [0.717, 1.165) is 0 Å². The van der Waals surface area contributed by atoms with E-state index in [1.807, 2.05) is 0 Å². The lowest BCUT2D eigenvalue weighted by Crippen LogP contribution is -2.03. The molecule has 0 saturated heterocycles. The summed E-state index contributed by atoms with van der Waals surface area (Å²) in [7, 11) is 0. The van der Waals surface area contributed by atoms with Gasteiger partial charge < -0.3 is 5.11 Å². The van der Waals surface area contributed by atoms with Crippen LogP contribution >= 0.6 is 39.1 Å². The van der Waals surface area contributed by atoms with Crippen LogP contribution in [0.3, 0.4) is 0 Å². The van der Waals surface area contributed by atoms with Gasteiger partial charge in [0, 0.05) is 25.6 Å². The van der Waals surface area contributed by atoms with E-state index >= 15 is 0 Å². The highest BCUT2D eigenvalue weighted by Crippen LogP contribution is 2.35. The number of hydrogen-bond acceptors (Lipinski definition) is 1. The minimum Gasteiger partial charge on any atom is -0.384 e. The van der Waals surface area contributed by atoms with Crippen molar-refractivity contribution < 1.29 is 9.50 Å². The first-order valence-corrected chi connectivity index (χ1v) is 7.03. The van der Waals surface area contributed by atoms with Crippen molar-refractivity contribution in [1.29, 1.82) is 0 Å². The van der Waals surface area contributed by atoms with Crippen LogP contribution in [0.2, 0.25) is 10.0 Å². The van der Waals surface area contributed by atoms with E-state index in [9.17, 15) is 9.50 Å². The molecule has 0 bridgehead atoms. The lowest BCUT2D eigenvalue weighted by molar-refractivity contribution is 0.219. The van der Waals surface area contributed by atoms with Gasteiger partial charge in [0.15, 0.2) is 0 Å². The van der Waals surface area contributed by atoms with Crippen LogP contribution in [0.25, 0.3) is 0 Å².